The molecule has 0 aliphatic carbocycles. The molecule has 0 saturated carbocycles. The van der Waals surface area contributed by atoms with Crippen LogP contribution in [-0.2, 0) is 0 Å². The van der Waals surface area contributed by atoms with E-state index >= 15 is 0 Å². The molecular weight excluding hydrogens is 222 g/mol. The first kappa shape index (κ1) is 15.0. The average molecular weight is 249 g/mol. The molecule has 0 heterocycles. The van der Waals surface area contributed by atoms with Gasteiger partial charge in [0.15, 0.2) is 0 Å². The van der Waals surface area contributed by atoms with E-state index in [2.05, 4.69) is 44.9 Å². The van der Waals surface area contributed by atoms with Crippen molar-refractivity contribution in [3.63, 3.8) is 0 Å². The molecule has 0 saturated heterocycles. The van der Waals surface area contributed by atoms with Crippen LogP contribution in [0.3, 0.4) is 0 Å². The molecule has 0 aliphatic rings. The Morgan fingerprint density at radius 3 is 2.11 bits per heavy atom. The zero-order valence-corrected chi connectivity index (χ0v) is 12.4. The summed E-state index contributed by atoms with van der Waals surface area (Å²) in [6.45, 7) is 8.76. The van der Waals surface area contributed by atoms with Gasteiger partial charge in [-0.15, -0.1) is 0 Å². The Morgan fingerprint density at radius 2 is 1.67 bits per heavy atom. The van der Waals surface area contributed by atoms with Crippen molar-refractivity contribution >= 4 is 5.69 Å². The molecule has 0 amide bonds. The molecule has 102 valence electrons. The smallest absolute Gasteiger partial charge is 0.0787 e. The summed E-state index contributed by atoms with van der Waals surface area (Å²) in [7, 11) is 2.14. The van der Waals surface area contributed by atoms with Crippen molar-refractivity contribution in [1.29, 1.82) is 0 Å². The second-order valence-electron chi connectivity index (χ2n) is 5.61. The number of nitrogens with zero attached hydrogens (tertiary/aromatic N) is 1. The fourth-order valence-corrected chi connectivity index (χ4v) is 2.26. The molecule has 2 atom stereocenters. The molecule has 0 radical (unpaired) electrons. The van der Waals surface area contributed by atoms with Crippen molar-refractivity contribution in [3.05, 3.63) is 29.8 Å². The number of benzene rings is 1. The quantitative estimate of drug-likeness (QED) is 0.823. The second-order valence-corrected chi connectivity index (χ2v) is 5.61. The Hall–Kier alpha value is -1.02. The number of aliphatic hydroxyl groups is 1. The standard InChI is InChI=1S/C16H27NO/c1-6-16(18)14-7-9-15(10-8-14)17(5)13(4)11-12(2)3/h7-10,12-13,16,18H,6,11H2,1-5H3. The molecule has 1 N–H and O–H groups in total. The topological polar surface area (TPSA) is 23.5 Å². The summed E-state index contributed by atoms with van der Waals surface area (Å²) >= 11 is 0. The first-order chi connectivity index (χ1) is 8.45. The summed E-state index contributed by atoms with van der Waals surface area (Å²) in [6, 6.07) is 8.80. The van der Waals surface area contributed by atoms with Crippen LogP contribution in [0.5, 0.6) is 0 Å². The fraction of sp³-hybridized carbons (Fsp3) is 0.625. The van der Waals surface area contributed by atoms with Crippen molar-refractivity contribution in [2.75, 3.05) is 11.9 Å². The Labute approximate surface area is 112 Å². The Balaban J connectivity index is 2.72. The highest BCUT2D eigenvalue weighted by Gasteiger charge is 2.12. The lowest BCUT2D eigenvalue weighted by Crippen LogP contribution is -2.29. The molecule has 1 aromatic carbocycles. The number of hydrogen-bond acceptors (Lipinski definition) is 2. The molecule has 18 heavy (non-hydrogen) atoms. The van der Waals surface area contributed by atoms with Crippen LogP contribution in [-0.4, -0.2) is 18.2 Å². The number of hydrogen-bond donors (Lipinski definition) is 1. The van der Waals surface area contributed by atoms with E-state index in [0.717, 1.165) is 12.0 Å². The van der Waals surface area contributed by atoms with Gasteiger partial charge in [-0.05, 0) is 43.4 Å². The van der Waals surface area contributed by atoms with Crippen molar-refractivity contribution in [3.8, 4) is 0 Å². The largest absolute Gasteiger partial charge is 0.388 e. The zero-order valence-electron chi connectivity index (χ0n) is 12.4. The van der Waals surface area contributed by atoms with Gasteiger partial charge in [-0.25, -0.2) is 0 Å². The molecule has 0 spiro atoms. The molecule has 0 fully saturated rings. The predicted molar refractivity (Wildman–Crippen MR) is 79.0 cm³/mol. The third-order valence-electron chi connectivity index (χ3n) is 3.55. The van der Waals surface area contributed by atoms with E-state index in [-0.39, 0.29) is 6.10 Å². The summed E-state index contributed by atoms with van der Waals surface area (Å²) < 4.78 is 0. The lowest BCUT2D eigenvalue weighted by Gasteiger charge is -2.28. The maximum absolute atomic E-state index is 9.77. The highest BCUT2D eigenvalue weighted by atomic mass is 16.3. The van der Waals surface area contributed by atoms with Gasteiger partial charge in [0.2, 0.25) is 0 Å². The van der Waals surface area contributed by atoms with Crippen molar-refractivity contribution in [1.82, 2.24) is 0 Å². The van der Waals surface area contributed by atoms with Crippen molar-refractivity contribution in [2.24, 2.45) is 5.92 Å². The van der Waals surface area contributed by atoms with Gasteiger partial charge in [0.05, 0.1) is 6.10 Å². The molecule has 1 rings (SSSR count). The van der Waals surface area contributed by atoms with Gasteiger partial charge in [0.25, 0.3) is 0 Å². The third kappa shape index (κ3) is 4.02. The molecule has 2 unspecified atom stereocenters. The van der Waals surface area contributed by atoms with Crippen LogP contribution in [0.1, 0.15) is 52.2 Å². The van der Waals surface area contributed by atoms with Crippen LogP contribution < -0.4 is 4.90 Å². The van der Waals surface area contributed by atoms with Gasteiger partial charge < -0.3 is 10.0 Å². The van der Waals surface area contributed by atoms with E-state index in [9.17, 15) is 5.11 Å². The maximum Gasteiger partial charge on any atom is 0.0787 e. The molecule has 0 bridgehead atoms. The number of anilines is 1. The first-order valence-electron chi connectivity index (χ1n) is 6.96. The Morgan fingerprint density at radius 1 is 1.11 bits per heavy atom. The van der Waals surface area contributed by atoms with Crippen LogP contribution in [0.25, 0.3) is 0 Å². The summed E-state index contributed by atoms with van der Waals surface area (Å²) in [5, 5.41) is 9.77. The van der Waals surface area contributed by atoms with Crippen molar-refractivity contribution < 1.29 is 5.11 Å². The minimum absolute atomic E-state index is 0.336. The lowest BCUT2D eigenvalue weighted by atomic mass is 10.0. The van der Waals surface area contributed by atoms with E-state index in [1.165, 1.54) is 12.1 Å². The van der Waals surface area contributed by atoms with Crippen LogP contribution in [0.2, 0.25) is 0 Å². The summed E-state index contributed by atoms with van der Waals surface area (Å²) in [5.74, 6) is 0.712. The third-order valence-corrected chi connectivity index (χ3v) is 3.55. The van der Waals surface area contributed by atoms with Gasteiger partial charge in [-0.3, -0.25) is 0 Å². The van der Waals surface area contributed by atoms with Gasteiger partial charge in [0, 0.05) is 18.8 Å². The minimum atomic E-state index is -0.336. The Bertz CT molecular complexity index is 345. The van der Waals surface area contributed by atoms with Crippen LogP contribution in [0, 0.1) is 5.92 Å². The molecule has 0 aromatic heterocycles. The van der Waals surface area contributed by atoms with Crippen LogP contribution in [0.4, 0.5) is 5.69 Å². The van der Waals surface area contributed by atoms with E-state index in [1.807, 2.05) is 19.1 Å². The van der Waals surface area contributed by atoms with Crippen molar-refractivity contribution in [2.45, 2.75) is 52.7 Å². The highest BCUT2D eigenvalue weighted by molar-refractivity contribution is 5.48. The van der Waals surface area contributed by atoms with E-state index < -0.39 is 0 Å². The molecule has 1 aromatic rings. The average Bonchev–Trinajstić information content (AvgIpc) is 2.36. The van der Waals surface area contributed by atoms with Gasteiger partial charge in [-0.2, -0.15) is 0 Å². The first-order valence-corrected chi connectivity index (χ1v) is 6.96. The predicted octanol–water partition coefficient (Wildman–Crippen LogP) is 4.00. The zero-order chi connectivity index (χ0) is 13.7. The Kier molecular flexibility index (Phi) is 5.67. The van der Waals surface area contributed by atoms with E-state index in [0.29, 0.717) is 12.0 Å². The van der Waals surface area contributed by atoms with E-state index in [4.69, 9.17) is 0 Å². The fourth-order valence-electron chi connectivity index (χ4n) is 2.26. The van der Waals surface area contributed by atoms with Gasteiger partial charge in [0.1, 0.15) is 0 Å². The summed E-state index contributed by atoms with van der Waals surface area (Å²) in [6.07, 6.45) is 1.62. The maximum atomic E-state index is 9.77. The van der Waals surface area contributed by atoms with Crippen LogP contribution in [0.15, 0.2) is 24.3 Å². The monoisotopic (exact) mass is 249 g/mol. The SMILES string of the molecule is CCC(O)c1ccc(N(C)C(C)CC(C)C)cc1. The number of aliphatic hydroxyl groups excluding tert-OH is 1. The van der Waals surface area contributed by atoms with Crippen LogP contribution >= 0.6 is 0 Å². The lowest BCUT2D eigenvalue weighted by molar-refractivity contribution is 0.173. The minimum Gasteiger partial charge on any atom is -0.388 e. The molecule has 2 nitrogen and oxygen atoms in total. The summed E-state index contributed by atoms with van der Waals surface area (Å²) in [4.78, 5) is 2.31. The summed E-state index contributed by atoms with van der Waals surface area (Å²) in [5.41, 5.74) is 2.22. The van der Waals surface area contributed by atoms with Gasteiger partial charge in [-0.1, -0.05) is 32.9 Å². The molecular formula is C16H27NO. The highest BCUT2D eigenvalue weighted by Crippen LogP contribution is 2.23. The van der Waals surface area contributed by atoms with Gasteiger partial charge >= 0.3 is 0 Å². The number of rotatable bonds is 6. The normalized spacial score (nSPS) is 14.6. The van der Waals surface area contributed by atoms with E-state index in [1.54, 1.807) is 0 Å². The molecule has 2 heteroatoms. The second kappa shape index (κ2) is 6.79. The molecule has 0 aliphatic heterocycles.